The highest BCUT2D eigenvalue weighted by molar-refractivity contribution is 5.92. The summed E-state index contributed by atoms with van der Waals surface area (Å²) in [4.78, 5) is 19.5. The second-order valence-electron chi connectivity index (χ2n) is 9.09. The Kier molecular flexibility index (Phi) is 6.77. The second-order valence-corrected chi connectivity index (χ2v) is 9.09. The van der Waals surface area contributed by atoms with Crippen LogP contribution >= 0.6 is 0 Å². The number of carbonyl (C=O) groups is 1. The molecule has 7 heteroatoms. The number of fused-ring (bicyclic) bond motifs is 1. The third kappa shape index (κ3) is 4.89. The maximum Gasteiger partial charge on any atom is 0.270 e. The zero-order valence-corrected chi connectivity index (χ0v) is 18.3. The summed E-state index contributed by atoms with van der Waals surface area (Å²) in [6, 6.07) is 5.19. The Morgan fingerprint density at radius 3 is 2.70 bits per heavy atom. The summed E-state index contributed by atoms with van der Waals surface area (Å²) >= 11 is 0. The number of pyridine rings is 1. The fourth-order valence-corrected chi connectivity index (χ4v) is 4.78. The van der Waals surface area contributed by atoms with Crippen molar-refractivity contribution < 1.29 is 4.79 Å². The van der Waals surface area contributed by atoms with Gasteiger partial charge in [0.05, 0.1) is 6.04 Å². The minimum atomic E-state index is -0.189. The van der Waals surface area contributed by atoms with Crippen molar-refractivity contribution in [3.8, 4) is 0 Å². The number of aromatic nitrogens is 4. The molecule has 1 fully saturated rings. The predicted molar refractivity (Wildman–Crippen MR) is 116 cm³/mol. The smallest absolute Gasteiger partial charge is 0.270 e. The highest BCUT2D eigenvalue weighted by atomic mass is 16.2. The molecule has 1 amide bonds. The molecule has 4 rings (SSSR count). The van der Waals surface area contributed by atoms with Crippen LogP contribution in [-0.4, -0.2) is 50.2 Å². The topological polar surface area (TPSA) is 75.9 Å². The summed E-state index contributed by atoms with van der Waals surface area (Å²) < 4.78 is 2.24. The van der Waals surface area contributed by atoms with Crippen molar-refractivity contribution in [3.05, 3.63) is 41.7 Å². The molecule has 3 heterocycles. The SMILES string of the molecule is CC(C)[C@H](NC(=O)c1ccccn1)c1nnc2n1CCN(CC1CCCCC1)CC2. The van der Waals surface area contributed by atoms with Crippen LogP contribution in [0.5, 0.6) is 0 Å². The van der Waals surface area contributed by atoms with E-state index in [1.807, 2.05) is 12.1 Å². The van der Waals surface area contributed by atoms with E-state index < -0.39 is 0 Å². The Balaban J connectivity index is 1.45. The number of nitrogens with one attached hydrogen (secondary N) is 1. The van der Waals surface area contributed by atoms with Crippen LogP contribution in [0.2, 0.25) is 0 Å². The maximum absolute atomic E-state index is 12.7. The van der Waals surface area contributed by atoms with Crippen molar-refractivity contribution >= 4 is 5.91 Å². The molecular formula is C23H34N6O. The van der Waals surface area contributed by atoms with E-state index in [2.05, 4.69) is 43.8 Å². The molecule has 0 saturated heterocycles. The molecule has 2 aromatic heterocycles. The van der Waals surface area contributed by atoms with Gasteiger partial charge in [-0.25, -0.2) is 0 Å². The molecule has 1 atom stereocenters. The van der Waals surface area contributed by atoms with Crippen molar-refractivity contribution in [2.24, 2.45) is 11.8 Å². The first-order valence-corrected chi connectivity index (χ1v) is 11.5. The first kappa shape index (κ1) is 21.0. The standard InChI is InChI=1S/C23H34N6O/c1-17(2)21(25-23(30)19-10-6-7-12-24-19)22-27-26-20-11-13-28(14-15-29(20)22)16-18-8-4-3-5-9-18/h6-7,10,12,17-18,21H,3-5,8-9,11,13-16H2,1-2H3,(H,25,30)/t21-/m0/s1. The summed E-state index contributed by atoms with van der Waals surface area (Å²) in [7, 11) is 0. The summed E-state index contributed by atoms with van der Waals surface area (Å²) in [6.07, 6.45) is 9.50. The van der Waals surface area contributed by atoms with Gasteiger partial charge in [-0.15, -0.1) is 10.2 Å². The van der Waals surface area contributed by atoms with Gasteiger partial charge in [-0.1, -0.05) is 39.2 Å². The number of hydrogen-bond acceptors (Lipinski definition) is 5. The molecule has 2 aromatic rings. The Morgan fingerprint density at radius 1 is 1.13 bits per heavy atom. The van der Waals surface area contributed by atoms with E-state index in [0.717, 1.165) is 43.6 Å². The summed E-state index contributed by atoms with van der Waals surface area (Å²) in [5.74, 6) is 2.78. The number of amides is 1. The number of carbonyl (C=O) groups excluding carboxylic acids is 1. The van der Waals surface area contributed by atoms with Gasteiger partial charge in [-0.2, -0.15) is 0 Å². The molecule has 1 N–H and O–H groups in total. The molecule has 0 spiro atoms. The summed E-state index contributed by atoms with van der Waals surface area (Å²) in [6.45, 7) is 8.37. The molecule has 0 aromatic carbocycles. The highest BCUT2D eigenvalue weighted by Crippen LogP contribution is 2.26. The van der Waals surface area contributed by atoms with E-state index in [1.165, 1.54) is 38.6 Å². The average Bonchev–Trinajstić information content (AvgIpc) is 3.06. The zero-order chi connectivity index (χ0) is 20.9. The normalized spacial score (nSPS) is 19.3. The van der Waals surface area contributed by atoms with E-state index in [1.54, 1.807) is 12.3 Å². The molecule has 7 nitrogen and oxygen atoms in total. The lowest BCUT2D eigenvalue weighted by Crippen LogP contribution is -2.35. The first-order chi connectivity index (χ1) is 14.6. The van der Waals surface area contributed by atoms with Crippen LogP contribution in [0.1, 0.15) is 74.1 Å². The summed E-state index contributed by atoms with van der Waals surface area (Å²) in [5.41, 5.74) is 0.428. The molecule has 0 unspecified atom stereocenters. The Hall–Kier alpha value is -2.28. The molecule has 162 valence electrons. The van der Waals surface area contributed by atoms with E-state index in [9.17, 15) is 4.79 Å². The minimum Gasteiger partial charge on any atom is -0.340 e. The molecular weight excluding hydrogens is 376 g/mol. The predicted octanol–water partition coefficient (Wildman–Crippen LogP) is 3.24. The lowest BCUT2D eigenvalue weighted by molar-refractivity contribution is 0.0916. The van der Waals surface area contributed by atoms with Crippen molar-refractivity contribution in [1.29, 1.82) is 0 Å². The molecule has 30 heavy (non-hydrogen) atoms. The monoisotopic (exact) mass is 410 g/mol. The van der Waals surface area contributed by atoms with E-state index in [0.29, 0.717) is 5.69 Å². The Labute approximate surface area is 179 Å². The van der Waals surface area contributed by atoms with Crippen molar-refractivity contribution in [2.75, 3.05) is 19.6 Å². The number of hydrogen-bond donors (Lipinski definition) is 1. The van der Waals surface area contributed by atoms with E-state index in [-0.39, 0.29) is 17.9 Å². The van der Waals surface area contributed by atoms with Gasteiger partial charge in [-0.05, 0) is 36.8 Å². The second kappa shape index (κ2) is 9.69. The van der Waals surface area contributed by atoms with Crippen LogP contribution in [0.25, 0.3) is 0 Å². The van der Waals surface area contributed by atoms with Gasteiger partial charge in [0.15, 0.2) is 5.82 Å². The fraction of sp³-hybridized carbons (Fsp3) is 0.652. The third-order valence-corrected chi connectivity index (χ3v) is 6.52. The van der Waals surface area contributed by atoms with Gasteiger partial charge in [0.2, 0.25) is 0 Å². The lowest BCUT2D eigenvalue weighted by Gasteiger charge is -2.28. The van der Waals surface area contributed by atoms with Crippen molar-refractivity contribution in [1.82, 2.24) is 30.0 Å². The Morgan fingerprint density at radius 2 is 1.97 bits per heavy atom. The van der Waals surface area contributed by atoms with Gasteiger partial charge in [0.1, 0.15) is 11.5 Å². The van der Waals surface area contributed by atoms with Gasteiger partial charge in [0, 0.05) is 38.8 Å². The van der Waals surface area contributed by atoms with E-state index >= 15 is 0 Å². The first-order valence-electron chi connectivity index (χ1n) is 11.5. The van der Waals surface area contributed by atoms with Crippen LogP contribution < -0.4 is 5.32 Å². The largest absolute Gasteiger partial charge is 0.340 e. The van der Waals surface area contributed by atoms with Crippen molar-refractivity contribution in [3.63, 3.8) is 0 Å². The molecule has 1 saturated carbocycles. The lowest BCUT2D eigenvalue weighted by atomic mass is 9.89. The average molecular weight is 411 g/mol. The van der Waals surface area contributed by atoms with Crippen LogP contribution in [-0.2, 0) is 13.0 Å². The quantitative estimate of drug-likeness (QED) is 0.791. The van der Waals surface area contributed by atoms with Crippen LogP contribution in [0.4, 0.5) is 0 Å². The van der Waals surface area contributed by atoms with Gasteiger partial charge >= 0.3 is 0 Å². The Bertz CT molecular complexity index is 827. The van der Waals surface area contributed by atoms with Crippen LogP contribution in [0, 0.1) is 11.8 Å². The molecule has 2 aliphatic rings. The molecule has 1 aliphatic carbocycles. The van der Waals surface area contributed by atoms with Gasteiger partial charge in [0.25, 0.3) is 5.91 Å². The van der Waals surface area contributed by atoms with Gasteiger partial charge in [-0.3, -0.25) is 9.78 Å². The molecule has 0 bridgehead atoms. The third-order valence-electron chi connectivity index (χ3n) is 6.52. The van der Waals surface area contributed by atoms with E-state index in [4.69, 9.17) is 0 Å². The molecule has 0 radical (unpaired) electrons. The van der Waals surface area contributed by atoms with Crippen LogP contribution in [0.15, 0.2) is 24.4 Å². The van der Waals surface area contributed by atoms with Crippen LogP contribution in [0.3, 0.4) is 0 Å². The number of rotatable bonds is 6. The molecule has 1 aliphatic heterocycles. The minimum absolute atomic E-state index is 0.167. The maximum atomic E-state index is 12.7. The fourth-order valence-electron chi connectivity index (χ4n) is 4.78. The zero-order valence-electron chi connectivity index (χ0n) is 18.3. The summed E-state index contributed by atoms with van der Waals surface area (Å²) in [5, 5.41) is 12.2. The van der Waals surface area contributed by atoms with Gasteiger partial charge < -0.3 is 14.8 Å². The highest BCUT2D eigenvalue weighted by Gasteiger charge is 2.28. The van der Waals surface area contributed by atoms with Crippen molar-refractivity contribution in [2.45, 2.75) is 65.0 Å². The number of nitrogens with zero attached hydrogens (tertiary/aromatic N) is 5.